The molecule has 0 aliphatic rings. The van der Waals surface area contributed by atoms with E-state index >= 15 is 0 Å². The molecule has 12 heavy (non-hydrogen) atoms. The predicted molar refractivity (Wildman–Crippen MR) is 37.2 cm³/mol. The van der Waals surface area contributed by atoms with Crippen LogP contribution in [0.1, 0.15) is 5.56 Å². The van der Waals surface area contributed by atoms with Crippen LogP contribution in [0.3, 0.4) is 0 Å². The van der Waals surface area contributed by atoms with Crippen molar-refractivity contribution in [3.05, 3.63) is 35.4 Å². The van der Waals surface area contributed by atoms with E-state index in [-0.39, 0.29) is 0 Å². The van der Waals surface area contributed by atoms with Gasteiger partial charge in [-0.3, -0.25) is 0 Å². The SMILES string of the molecule is Fc1cccc(C(F)(F)[P])c1F. The Hall–Kier alpha value is -0.630. The minimum Gasteiger partial charge on any atom is -0.204 e. The zero-order valence-electron chi connectivity index (χ0n) is 5.69. The second-order valence-electron chi connectivity index (χ2n) is 2.14. The van der Waals surface area contributed by atoms with Crippen molar-refractivity contribution in [2.75, 3.05) is 0 Å². The molecule has 0 fully saturated rings. The second-order valence-corrected chi connectivity index (χ2v) is 2.70. The zero-order chi connectivity index (χ0) is 9.35. The van der Waals surface area contributed by atoms with E-state index in [1.54, 1.807) is 0 Å². The average molecular weight is 194 g/mol. The number of hydrogen-bond acceptors (Lipinski definition) is 0. The van der Waals surface area contributed by atoms with Crippen molar-refractivity contribution in [1.29, 1.82) is 0 Å². The van der Waals surface area contributed by atoms with Gasteiger partial charge in [0.25, 0.3) is 0 Å². The molecule has 5 heteroatoms. The van der Waals surface area contributed by atoms with Crippen molar-refractivity contribution >= 4 is 9.24 Å². The molecule has 1 aromatic carbocycles. The average Bonchev–Trinajstić information content (AvgIpc) is 1.92. The first-order valence-electron chi connectivity index (χ1n) is 2.97. The van der Waals surface area contributed by atoms with Crippen LogP contribution in [0.25, 0.3) is 0 Å². The summed E-state index contributed by atoms with van der Waals surface area (Å²) in [6.07, 6.45) is 0. The van der Waals surface area contributed by atoms with E-state index in [0.29, 0.717) is 0 Å². The van der Waals surface area contributed by atoms with E-state index in [1.165, 1.54) is 0 Å². The molecule has 64 valence electrons. The molecule has 2 radical (unpaired) electrons. The topological polar surface area (TPSA) is 0 Å². The zero-order valence-corrected chi connectivity index (χ0v) is 6.59. The quantitative estimate of drug-likeness (QED) is 0.474. The minimum absolute atomic E-state index is 0.762. The smallest absolute Gasteiger partial charge is 0.204 e. The van der Waals surface area contributed by atoms with Crippen LogP contribution in [0.15, 0.2) is 18.2 Å². The van der Waals surface area contributed by atoms with Gasteiger partial charge in [-0.05, 0) is 12.1 Å². The van der Waals surface area contributed by atoms with Crippen LogP contribution < -0.4 is 0 Å². The summed E-state index contributed by atoms with van der Waals surface area (Å²) in [5, 5.41) is 0. The molecule has 0 aliphatic carbocycles. The third-order valence-corrected chi connectivity index (χ3v) is 1.52. The molecule has 0 unspecified atom stereocenters. The summed E-state index contributed by atoms with van der Waals surface area (Å²) in [7, 11) is 2.82. The van der Waals surface area contributed by atoms with Crippen molar-refractivity contribution in [2.24, 2.45) is 0 Å². The monoisotopic (exact) mass is 194 g/mol. The van der Waals surface area contributed by atoms with Gasteiger partial charge in [-0.2, -0.15) is 8.78 Å². The van der Waals surface area contributed by atoms with Crippen molar-refractivity contribution in [3.63, 3.8) is 0 Å². The summed E-state index contributed by atoms with van der Waals surface area (Å²) < 4.78 is 49.7. The standard InChI is InChI=1S/C7H3F4P/c8-5-3-1-2-4(6(5)9)7(10,11)12/h1-3H. The molecule has 0 heterocycles. The molecular weight excluding hydrogens is 191 g/mol. The lowest BCUT2D eigenvalue weighted by Crippen LogP contribution is -2.06. The molecular formula is C7H3F4P. The van der Waals surface area contributed by atoms with Gasteiger partial charge >= 0.3 is 5.66 Å². The molecule has 0 atom stereocenters. The highest BCUT2D eigenvalue weighted by Crippen LogP contribution is 2.36. The first kappa shape index (κ1) is 9.46. The highest BCUT2D eigenvalue weighted by Gasteiger charge is 2.30. The lowest BCUT2D eigenvalue weighted by atomic mass is 10.2. The lowest BCUT2D eigenvalue weighted by Gasteiger charge is -2.09. The minimum atomic E-state index is -3.65. The van der Waals surface area contributed by atoms with Gasteiger partial charge in [0.05, 0.1) is 5.56 Å². The maximum absolute atomic E-state index is 12.6. The van der Waals surface area contributed by atoms with Gasteiger partial charge < -0.3 is 0 Å². The summed E-state index contributed by atoms with van der Waals surface area (Å²) >= 11 is 0. The summed E-state index contributed by atoms with van der Waals surface area (Å²) in [5.74, 6) is -2.86. The third-order valence-electron chi connectivity index (χ3n) is 1.28. The Morgan fingerprint density at radius 1 is 1.17 bits per heavy atom. The summed E-state index contributed by atoms with van der Waals surface area (Å²) in [6.45, 7) is 0. The summed E-state index contributed by atoms with van der Waals surface area (Å²) in [6, 6.07) is 2.54. The highest BCUT2D eigenvalue weighted by molar-refractivity contribution is 7.17. The van der Waals surface area contributed by atoms with Crippen LogP contribution in [0, 0.1) is 11.6 Å². The molecule has 0 nitrogen and oxygen atoms in total. The molecule has 0 aliphatic heterocycles. The number of hydrogen-bond donors (Lipinski definition) is 0. The lowest BCUT2D eigenvalue weighted by molar-refractivity contribution is 0.0982. The van der Waals surface area contributed by atoms with E-state index in [2.05, 4.69) is 9.24 Å². The fourth-order valence-electron chi connectivity index (χ4n) is 0.736. The summed E-state index contributed by atoms with van der Waals surface area (Å²) in [4.78, 5) is 0. The van der Waals surface area contributed by atoms with Crippen LogP contribution in [0.4, 0.5) is 17.6 Å². The Bertz CT molecular complexity index is 292. The van der Waals surface area contributed by atoms with Crippen molar-refractivity contribution in [3.8, 4) is 0 Å². The van der Waals surface area contributed by atoms with Crippen molar-refractivity contribution < 1.29 is 17.6 Å². The molecule has 0 spiro atoms. The Morgan fingerprint density at radius 3 is 2.17 bits per heavy atom. The van der Waals surface area contributed by atoms with Gasteiger partial charge in [-0.25, -0.2) is 8.78 Å². The van der Waals surface area contributed by atoms with Crippen LogP contribution in [0.2, 0.25) is 0 Å². The molecule has 0 saturated heterocycles. The van der Waals surface area contributed by atoms with E-state index in [0.717, 1.165) is 18.2 Å². The molecule has 0 N–H and O–H groups in total. The van der Waals surface area contributed by atoms with Gasteiger partial charge in [0, 0.05) is 9.24 Å². The van der Waals surface area contributed by atoms with Gasteiger partial charge in [0.1, 0.15) is 0 Å². The molecule has 0 amide bonds. The summed E-state index contributed by atoms with van der Waals surface area (Å²) in [5.41, 5.74) is -4.70. The van der Waals surface area contributed by atoms with Gasteiger partial charge in [-0.15, -0.1) is 0 Å². The van der Waals surface area contributed by atoms with E-state index in [4.69, 9.17) is 0 Å². The molecule has 0 saturated carbocycles. The Labute approximate surface area is 68.8 Å². The fraction of sp³-hybridized carbons (Fsp3) is 0.143. The Kier molecular flexibility index (Phi) is 2.38. The number of alkyl halides is 2. The van der Waals surface area contributed by atoms with E-state index < -0.39 is 22.9 Å². The van der Waals surface area contributed by atoms with Crippen LogP contribution in [0.5, 0.6) is 0 Å². The number of benzene rings is 1. The molecule has 0 bridgehead atoms. The van der Waals surface area contributed by atoms with E-state index in [1.807, 2.05) is 0 Å². The maximum atomic E-state index is 12.6. The third kappa shape index (κ3) is 1.75. The Balaban J connectivity index is 3.26. The second kappa shape index (κ2) is 3.02. The first-order chi connectivity index (χ1) is 5.43. The van der Waals surface area contributed by atoms with Crippen LogP contribution in [-0.4, -0.2) is 0 Å². The molecule has 1 aromatic rings. The first-order valence-corrected chi connectivity index (χ1v) is 3.42. The molecule has 1 rings (SSSR count). The van der Waals surface area contributed by atoms with Gasteiger partial charge in [0.15, 0.2) is 11.6 Å². The number of rotatable bonds is 1. The Morgan fingerprint density at radius 2 is 1.75 bits per heavy atom. The van der Waals surface area contributed by atoms with Crippen molar-refractivity contribution in [1.82, 2.24) is 0 Å². The molecule has 0 aromatic heterocycles. The predicted octanol–water partition coefficient (Wildman–Crippen LogP) is 3.42. The van der Waals surface area contributed by atoms with Gasteiger partial charge in [-0.1, -0.05) is 6.07 Å². The van der Waals surface area contributed by atoms with Crippen molar-refractivity contribution in [2.45, 2.75) is 5.66 Å². The fourth-order valence-corrected chi connectivity index (χ4v) is 0.909. The largest absolute Gasteiger partial charge is 0.301 e. The highest BCUT2D eigenvalue weighted by atomic mass is 31.0. The van der Waals surface area contributed by atoms with Crippen LogP contribution in [-0.2, 0) is 5.66 Å². The van der Waals surface area contributed by atoms with E-state index in [9.17, 15) is 17.6 Å². The maximum Gasteiger partial charge on any atom is 0.301 e. The normalized spacial score (nSPS) is 11.8. The van der Waals surface area contributed by atoms with Crippen LogP contribution >= 0.6 is 9.24 Å². The number of halogens is 4. The van der Waals surface area contributed by atoms with Gasteiger partial charge in [0.2, 0.25) is 0 Å².